The third kappa shape index (κ3) is 2.94. The molecule has 100 valence electrons. The van der Waals surface area contributed by atoms with E-state index in [0.717, 1.165) is 22.4 Å². The first kappa shape index (κ1) is 13.0. The molecule has 1 aromatic heterocycles. The molecule has 3 nitrogen and oxygen atoms in total. The molecular formula is C14H14BrNO2S. The van der Waals surface area contributed by atoms with Gasteiger partial charge in [0.25, 0.3) is 0 Å². The minimum absolute atomic E-state index is 0.0705. The van der Waals surface area contributed by atoms with Gasteiger partial charge in [-0.2, -0.15) is 0 Å². The summed E-state index contributed by atoms with van der Waals surface area (Å²) in [6.07, 6.45) is 0.697. The van der Waals surface area contributed by atoms with Crippen molar-refractivity contribution in [2.24, 2.45) is 5.73 Å². The van der Waals surface area contributed by atoms with Gasteiger partial charge in [-0.05, 0) is 34.1 Å². The maximum absolute atomic E-state index is 6.23. The highest BCUT2D eigenvalue weighted by atomic mass is 79.9. The number of thiophene rings is 1. The number of para-hydroxylation sites is 2. The van der Waals surface area contributed by atoms with Crippen molar-refractivity contribution in [2.45, 2.75) is 18.6 Å². The van der Waals surface area contributed by atoms with E-state index in [9.17, 15) is 0 Å². The van der Waals surface area contributed by atoms with E-state index in [2.05, 4.69) is 27.4 Å². The van der Waals surface area contributed by atoms with Crippen molar-refractivity contribution in [3.8, 4) is 11.5 Å². The zero-order chi connectivity index (χ0) is 13.2. The Morgan fingerprint density at radius 1 is 1.37 bits per heavy atom. The van der Waals surface area contributed by atoms with Crippen molar-refractivity contribution in [3.63, 3.8) is 0 Å². The highest BCUT2D eigenvalue weighted by Crippen LogP contribution is 2.32. The van der Waals surface area contributed by atoms with E-state index in [1.807, 2.05) is 24.3 Å². The van der Waals surface area contributed by atoms with Crippen LogP contribution in [0.1, 0.15) is 4.88 Å². The first-order chi connectivity index (χ1) is 9.22. The summed E-state index contributed by atoms with van der Waals surface area (Å²) >= 11 is 5.16. The van der Waals surface area contributed by atoms with Crippen molar-refractivity contribution >= 4 is 27.3 Å². The number of hydrogen-bond donors (Lipinski definition) is 1. The lowest BCUT2D eigenvalue weighted by Gasteiger charge is -2.30. The summed E-state index contributed by atoms with van der Waals surface area (Å²) < 4.78 is 12.7. The molecule has 2 atom stereocenters. The highest BCUT2D eigenvalue weighted by molar-refractivity contribution is 9.10. The SMILES string of the molecule is NC(Cc1cc(Br)cs1)C1COc2ccccc2O1. The Hall–Kier alpha value is -1.04. The second kappa shape index (κ2) is 5.53. The van der Waals surface area contributed by atoms with Crippen LogP contribution in [0.3, 0.4) is 0 Å². The van der Waals surface area contributed by atoms with E-state index in [4.69, 9.17) is 15.2 Å². The molecule has 3 rings (SSSR count). The fourth-order valence-electron chi connectivity index (χ4n) is 2.07. The van der Waals surface area contributed by atoms with Gasteiger partial charge in [0.1, 0.15) is 12.7 Å². The molecule has 0 saturated heterocycles. The smallest absolute Gasteiger partial charge is 0.161 e. The lowest BCUT2D eigenvalue weighted by atomic mass is 10.1. The van der Waals surface area contributed by atoms with E-state index in [1.165, 1.54) is 4.88 Å². The summed E-state index contributed by atoms with van der Waals surface area (Å²) in [5.74, 6) is 1.58. The van der Waals surface area contributed by atoms with Gasteiger partial charge >= 0.3 is 0 Å². The normalized spacial score (nSPS) is 19.2. The molecule has 0 aliphatic carbocycles. The van der Waals surface area contributed by atoms with Crippen LogP contribution in [0.4, 0.5) is 0 Å². The quantitative estimate of drug-likeness (QED) is 0.933. The van der Waals surface area contributed by atoms with Crippen LogP contribution < -0.4 is 15.2 Å². The monoisotopic (exact) mass is 339 g/mol. The van der Waals surface area contributed by atoms with Gasteiger partial charge < -0.3 is 15.2 Å². The van der Waals surface area contributed by atoms with Crippen molar-refractivity contribution in [1.82, 2.24) is 0 Å². The largest absolute Gasteiger partial charge is 0.486 e. The summed E-state index contributed by atoms with van der Waals surface area (Å²) in [4.78, 5) is 1.25. The second-order valence-electron chi connectivity index (χ2n) is 4.51. The lowest BCUT2D eigenvalue weighted by molar-refractivity contribution is 0.0724. The van der Waals surface area contributed by atoms with Crippen LogP contribution in [-0.2, 0) is 6.42 Å². The minimum Gasteiger partial charge on any atom is -0.486 e. The molecule has 2 N–H and O–H groups in total. The van der Waals surface area contributed by atoms with E-state index in [0.29, 0.717) is 6.61 Å². The zero-order valence-corrected chi connectivity index (χ0v) is 12.6. The van der Waals surface area contributed by atoms with Crippen LogP contribution in [0.5, 0.6) is 11.5 Å². The third-order valence-electron chi connectivity index (χ3n) is 3.07. The highest BCUT2D eigenvalue weighted by Gasteiger charge is 2.26. The van der Waals surface area contributed by atoms with Gasteiger partial charge in [-0.25, -0.2) is 0 Å². The maximum atomic E-state index is 6.23. The molecule has 2 unspecified atom stereocenters. The average molecular weight is 340 g/mol. The minimum atomic E-state index is -0.101. The standard InChI is InChI=1S/C14H14BrNO2S/c15-9-5-10(19-8-9)6-11(16)14-7-17-12-3-1-2-4-13(12)18-14/h1-5,8,11,14H,6-7,16H2. The van der Waals surface area contributed by atoms with Gasteiger partial charge in [-0.3, -0.25) is 0 Å². The Balaban J connectivity index is 1.67. The van der Waals surface area contributed by atoms with Gasteiger partial charge in [0.05, 0.1) is 0 Å². The van der Waals surface area contributed by atoms with E-state index in [-0.39, 0.29) is 12.1 Å². The average Bonchev–Trinajstić information content (AvgIpc) is 2.83. The van der Waals surface area contributed by atoms with Gasteiger partial charge in [0, 0.05) is 27.2 Å². The number of benzene rings is 1. The second-order valence-corrected chi connectivity index (χ2v) is 6.42. The number of hydrogen-bond acceptors (Lipinski definition) is 4. The molecule has 5 heteroatoms. The summed E-state index contributed by atoms with van der Waals surface area (Å²) in [5.41, 5.74) is 6.23. The molecular weight excluding hydrogens is 326 g/mol. The fourth-order valence-corrected chi connectivity index (χ4v) is 3.60. The molecule has 2 aromatic rings. The van der Waals surface area contributed by atoms with E-state index < -0.39 is 0 Å². The van der Waals surface area contributed by atoms with Gasteiger partial charge in [-0.1, -0.05) is 12.1 Å². The van der Waals surface area contributed by atoms with Crippen molar-refractivity contribution in [3.05, 3.63) is 45.1 Å². The van der Waals surface area contributed by atoms with Crippen LogP contribution in [0.2, 0.25) is 0 Å². The summed E-state index contributed by atoms with van der Waals surface area (Å²) in [6, 6.07) is 9.72. The summed E-state index contributed by atoms with van der Waals surface area (Å²) in [6.45, 7) is 0.505. The van der Waals surface area contributed by atoms with Crippen LogP contribution in [0.15, 0.2) is 40.2 Å². The number of ether oxygens (including phenoxy) is 2. The summed E-state index contributed by atoms with van der Waals surface area (Å²) in [7, 11) is 0. The van der Waals surface area contributed by atoms with Crippen LogP contribution in [0, 0.1) is 0 Å². The van der Waals surface area contributed by atoms with Crippen LogP contribution >= 0.6 is 27.3 Å². The topological polar surface area (TPSA) is 44.5 Å². The Morgan fingerprint density at radius 3 is 2.89 bits per heavy atom. The molecule has 0 saturated carbocycles. The zero-order valence-electron chi connectivity index (χ0n) is 10.2. The maximum Gasteiger partial charge on any atom is 0.161 e. The predicted molar refractivity (Wildman–Crippen MR) is 80.1 cm³/mol. The van der Waals surface area contributed by atoms with Crippen molar-refractivity contribution in [2.75, 3.05) is 6.61 Å². The Bertz CT molecular complexity index is 572. The number of rotatable bonds is 3. The first-order valence-electron chi connectivity index (χ1n) is 6.09. The molecule has 1 aromatic carbocycles. The van der Waals surface area contributed by atoms with Gasteiger partial charge in [0.2, 0.25) is 0 Å². The molecule has 0 amide bonds. The van der Waals surface area contributed by atoms with E-state index >= 15 is 0 Å². The molecule has 1 aliphatic heterocycles. The number of halogens is 1. The molecule has 0 fully saturated rings. The predicted octanol–water partition coefficient (Wildman–Crippen LogP) is 3.22. The number of fused-ring (bicyclic) bond motifs is 1. The van der Waals surface area contributed by atoms with Crippen molar-refractivity contribution < 1.29 is 9.47 Å². The molecule has 19 heavy (non-hydrogen) atoms. The van der Waals surface area contributed by atoms with Crippen molar-refractivity contribution in [1.29, 1.82) is 0 Å². The Labute approximate surface area is 124 Å². The van der Waals surface area contributed by atoms with Crippen LogP contribution in [-0.4, -0.2) is 18.8 Å². The van der Waals surface area contributed by atoms with Crippen LogP contribution in [0.25, 0.3) is 0 Å². The van der Waals surface area contributed by atoms with E-state index in [1.54, 1.807) is 11.3 Å². The lowest BCUT2D eigenvalue weighted by Crippen LogP contribution is -2.46. The van der Waals surface area contributed by atoms with Gasteiger partial charge in [0.15, 0.2) is 11.5 Å². The molecule has 0 radical (unpaired) electrons. The third-order valence-corrected chi connectivity index (χ3v) is 4.79. The molecule has 1 aliphatic rings. The fraction of sp³-hybridized carbons (Fsp3) is 0.286. The Morgan fingerprint density at radius 2 is 2.16 bits per heavy atom. The molecule has 0 spiro atoms. The first-order valence-corrected chi connectivity index (χ1v) is 7.76. The molecule has 0 bridgehead atoms. The summed E-state index contributed by atoms with van der Waals surface area (Å²) in [5, 5.41) is 2.07. The Kier molecular flexibility index (Phi) is 3.77. The van der Waals surface area contributed by atoms with Gasteiger partial charge in [-0.15, -0.1) is 11.3 Å². The molecule has 2 heterocycles. The number of nitrogens with two attached hydrogens (primary N) is 1.